The molecule has 0 N–H and O–H groups in total. The lowest BCUT2D eigenvalue weighted by molar-refractivity contribution is -0.384. The third-order valence-electron chi connectivity index (χ3n) is 3.57. The molecule has 7 nitrogen and oxygen atoms in total. The summed E-state index contributed by atoms with van der Waals surface area (Å²) in [6.07, 6.45) is 1.75. The summed E-state index contributed by atoms with van der Waals surface area (Å²) >= 11 is 0. The van der Waals surface area contributed by atoms with Crippen LogP contribution in [0.4, 0.5) is 5.69 Å². The van der Waals surface area contributed by atoms with Crippen LogP contribution < -0.4 is 0 Å². The molecule has 3 rings (SSSR count). The second-order valence-electron chi connectivity index (χ2n) is 4.82. The van der Waals surface area contributed by atoms with Crippen LogP contribution in [0.25, 0.3) is 10.9 Å². The van der Waals surface area contributed by atoms with Gasteiger partial charge >= 0.3 is 0 Å². The number of nitro benzene ring substituents is 1. The lowest BCUT2D eigenvalue weighted by Gasteiger charge is -2.26. The predicted octanol–water partition coefficient (Wildman–Crippen LogP) is 1.28. The number of hydrogen-bond donors (Lipinski definition) is 0. The van der Waals surface area contributed by atoms with Crippen molar-refractivity contribution in [1.82, 2.24) is 14.7 Å². The van der Waals surface area contributed by atoms with E-state index in [1.54, 1.807) is 18.3 Å². The van der Waals surface area contributed by atoms with Gasteiger partial charge in [-0.2, -0.15) is 5.10 Å². The first kappa shape index (κ1) is 13.0. The maximum atomic E-state index is 10.8. The number of non-ortho nitro benzene ring substituents is 1. The van der Waals surface area contributed by atoms with Crippen molar-refractivity contribution in [3.8, 4) is 0 Å². The van der Waals surface area contributed by atoms with E-state index in [9.17, 15) is 10.1 Å². The van der Waals surface area contributed by atoms with Gasteiger partial charge in [0.25, 0.3) is 5.69 Å². The molecular weight excluding hydrogens is 260 g/mol. The monoisotopic (exact) mass is 276 g/mol. The minimum Gasteiger partial charge on any atom is -0.379 e. The fourth-order valence-electron chi connectivity index (χ4n) is 2.41. The molecule has 0 spiro atoms. The van der Waals surface area contributed by atoms with E-state index in [1.165, 1.54) is 6.07 Å². The summed E-state index contributed by atoms with van der Waals surface area (Å²) < 4.78 is 7.14. The van der Waals surface area contributed by atoms with Crippen LogP contribution in [0.2, 0.25) is 0 Å². The third-order valence-corrected chi connectivity index (χ3v) is 3.57. The standard InChI is InChI=1S/C13H16N4O3/c18-17(19)12-2-1-11-10-14-16(13(11)9-12)4-3-15-5-7-20-8-6-15/h1-2,9-10H,3-8H2. The molecule has 2 heterocycles. The van der Waals surface area contributed by atoms with E-state index in [1.807, 2.05) is 4.68 Å². The topological polar surface area (TPSA) is 73.4 Å². The van der Waals surface area contributed by atoms with Gasteiger partial charge in [-0.05, 0) is 6.07 Å². The molecule has 0 unspecified atom stereocenters. The molecule has 20 heavy (non-hydrogen) atoms. The van der Waals surface area contributed by atoms with Gasteiger partial charge in [0.1, 0.15) is 0 Å². The van der Waals surface area contributed by atoms with Crippen molar-refractivity contribution in [1.29, 1.82) is 0 Å². The SMILES string of the molecule is O=[N+]([O-])c1ccc2cnn(CCN3CCOCC3)c2c1. The van der Waals surface area contributed by atoms with Crippen molar-refractivity contribution in [2.45, 2.75) is 6.54 Å². The highest BCUT2D eigenvalue weighted by Gasteiger charge is 2.13. The van der Waals surface area contributed by atoms with Gasteiger partial charge in [-0.3, -0.25) is 19.7 Å². The molecule has 0 atom stereocenters. The fourth-order valence-corrected chi connectivity index (χ4v) is 2.41. The highest BCUT2D eigenvalue weighted by atomic mass is 16.6. The van der Waals surface area contributed by atoms with E-state index in [0.717, 1.165) is 50.3 Å². The minimum absolute atomic E-state index is 0.102. The minimum atomic E-state index is -0.376. The lowest BCUT2D eigenvalue weighted by Crippen LogP contribution is -2.38. The second kappa shape index (κ2) is 5.56. The van der Waals surface area contributed by atoms with E-state index >= 15 is 0 Å². The average Bonchev–Trinajstić information content (AvgIpc) is 2.88. The number of fused-ring (bicyclic) bond motifs is 1. The Hall–Kier alpha value is -1.99. The Labute approximate surface area is 115 Å². The molecule has 1 aliphatic heterocycles. The number of morpholine rings is 1. The summed E-state index contributed by atoms with van der Waals surface area (Å²) in [6, 6.07) is 4.84. The van der Waals surface area contributed by atoms with Crippen molar-refractivity contribution in [3.05, 3.63) is 34.5 Å². The summed E-state index contributed by atoms with van der Waals surface area (Å²) in [7, 11) is 0. The first-order valence-corrected chi connectivity index (χ1v) is 6.64. The lowest BCUT2D eigenvalue weighted by atomic mass is 10.2. The van der Waals surface area contributed by atoms with Gasteiger partial charge in [-0.15, -0.1) is 0 Å². The summed E-state index contributed by atoms with van der Waals surface area (Å²) in [5.41, 5.74) is 0.915. The zero-order chi connectivity index (χ0) is 13.9. The molecule has 1 aromatic carbocycles. The van der Waals surface area contributed by atoms with E-state index in [0.29, 0.717) is 0 Å². The van der Waals surface area contributed by atoms with Gasteiger partial charge in [-0.25, -0.2) is 0 Å². The largest absolute Gasteiger partial charge is 0.379 e. The van der Waals surface area contributed by atoms with Gasteiger partial charge in [-0.1, -0.05) is 0 Å². The summed E-state index contributed by atoms with van der Waals surface area (Å²) in [5, 5.41) is 16.1. The Kier molecular flexibility index (Phi) is 3.62. The Balaban J connectivity index is 1.76. The first-order chi connectivity index (χ1) is 9.74. The average molecular weight is 276 g/mol. The predicted molar refractivity (Wildman–Crippen MR) is 73.6 cm³/mol. The van der Waals surface area contributed by atoms with Gasteiger partial charge in [0.2, 0.25) is 0 Å². The molecule has 7 heteroatoms. The van der Waals surface area contributed by atoms with E-state index in [-0.39, 0.29) is 10.6 Å². The van der Waals surface area contributed by atoms with Crippen LogP contribution in [0, 0.1) is 10.1 Å². The van der Waals surface area contributed by atoms with Gasteiger partial charge in [0.15, 0.2) is 0 Å². The fraction of sp³-hybridized carbons (Fsp3) is 0.462. The maximum Gasteiger partial charge on any atom is 0.271 e. The van der Waals surface area contributed by atoms with Crippen LogP contribution in [0.3, 0.4) is 0 Å². The first-order valence-electron chi connectivity index (χ1n) is 6.64. The molecule has 1 aromatic heterocycles. The van der Waals surface area contributed by atoms with E-state index < -0.39 is 0 Å². The van der Waals surface area contributed by atoms with Crippen molar-refractivity contribution >= 4 is 16.6 Å². The Bertz CT molecular complexity index is 619. The normalized spacial score (nSPS) is 16.6. The molecule has 0 amide bonds. The molecule has 1 saturated heterocycles. The van der Waals surface area contributed by atoms with Gasteiger partial charge in [0.05, 0.1) is 36.4 Å². The van der Waals surface area contributed by atoms with Gasteiger partial charge < -0.3 is 4.74 Å². The molecule has 0 aliphatic carbocycles. The smallest absolute Gasteiger partial charge is 0.271 e. The highest BCUT2D eigenvalue weighted by Crippen LogP contribution is 2.20. The Morgan fingerprint density at radius 2 is 2.10 bits per heavy atom. The van der Waals surface area contributed by atoms with Crippen molar-refractivity contribution in [2.75, 3.05) is 32.8 Å². The van der Waals surface area contributed by atoms with Crippen molar-refractivity contribution < 1.29 is 9.66 Å². The summed E-state index contributed by atoms with van der Waals surface area (Å²) in [5.74, 6) is 0. The third kappa shape index (κ3) is 2.63. The van der Waals surface area contributed by atoms with Crippen molar-refractivity contribution in [3.63, 3.8) is 0 Å². The highest BCUT2D eigenvalue weighted by molar-refractivity contribution is 5.80. The van der Waals surface area contributed by atoms with Crippen LogP contribution in [0.15, 0.2) is 24.4 Å². The number of hydrogen-bond acceptors (Lipinski definition) is 5. The number of aromatic nitrogens is 2. The molecule has 2 aromatic rings. The van der Waals surface area contributed by atoms with Crippen LogP contribution in [-0.2, 0) is 11.3 Å². The number of nitrogens with zero attached hydrogens (tertiary/aromatic N) is 4. The molecular formula is C13H16N4O3. The zero-order valence-electron chi connectivity index (χ0n) is 11.1. The molecule has 1 fully saturated rings. The van der Waals surface area contributed by atoms with Crippen LogP contribution in [-0.4, -0.2) is 52.5 Å². The zero-order valence-corrected chi connectivity index (χ0v) is 11.1. The Morgan fingerprint density at radius 1 is 1.30 bits per heavy atom. The van der Waals surface area contributed by atoms with Crippen LogP contribution in [0.1, 0.15) is 0 Å². The second-order valence-corrected chi connectivity index (χ2v) is 4.82. The van der Waals surface area contributed by atoms with E-state index in [2.05, 4.69) is 10.00 Å². The Morgan fingerprint density at radius 3 is 2.85 bits per heavy atom. The van der Waals surface area contributed by atoms with Crippen LogP contribution in [0.5, 0.6) is 0 Å². The molecule has 0 radical (unpaired) electrons. The summed E-state index contributed by atoms with van der Waals surface area (Å²) in [4.78, 5) is 12.8. The number of ether oxygens (including phenoxy) is 1. The van der Waals surface area contributed by atoms with Crippen molar-refractivity contribution in [2.24, 2.45) is 0 Å². The number of benzene rings is 1. The molecule has 0 saturated carbocycles. The molecule has 1 aliphatic rings. The molecule has 0 bridgehead atoms. The molecule has 106 valence electrons. The van der Waals surface area contributed by atoms with E-state index in [4.69, 9.17) is 4.74 Å². The van der Waals surface area contributed by atoms with Gasteiger partial charge in [0, 0.05) is 37.2 Å². The maximum absolute atomic E-state index is 10.8. The number of nitro groups is 1. The quantitative estimate of drug-likeness (QED) is 0.621. The number of rotatable bonds is 4. The summed E-state index contributed by atoms with van der Waals surface area (Å²) in [6.45, 7) is 5.00. The van der Waals surface area contributed by atoms with Crippen LogP contribution >= 0.6 is 0 Å².